The van der Waals surface area contributed by atoms with Crippen molar-refractivity contribution in [3.05, 3.63) is 22.1 Å². The van der Waals surface area contributed by atoms with E-state index in [9.17, 15) is 9.59 Å². The fraction of sp³-hybridized carbons (Fsp3) is 0.750. The molecule has 0 aliphatic carbocycles. The van der Waals surface area contributed by atoms with Crippen molar-refractivity contribution in [2.24, 2.45) is 5.92 Å². The number of amides is 1. The number of rotatable bonds is 7. The van der Waals surface area contributed by atoms with E-state index in [0.717, 1.165) is 49.6 Å². The van der Waals surface area contributed by atoms with Gasteiger partial charge in [0.05, 0.1) is 11.6 Å². The maximum Gasteiger partial charge on any atom is 0.254 e. The zero-order valence-corrected chi connectivity index (χ0v) is 17.7. The van der Waals surface area contributed by atoms with E-state index in [0.29, 0.717) is 12.3 Å². The second kappa shape index (κ2) is 9.07. The van der Waals surface area contributed by atoms with Crippen LogP contribution in [-0.2, 0) is 16.8 Å². The third-order valence-corrected chi connectivity index (χ3v) is 5.92. The van der Waals surface area contributed by atoms with Crippen molar-refractivity contribution >= 4 is 17.7 Å². The van der Waals surface area contributed by atoms with E-state index in [1.807, 2.05) is 4.90 Å². The van der Waals surface area contributed by atoms with Gasteiger partial charge in [-0.1, -0.05) is 59.2 Å². The van der Waals surface area contributed by atoms with Gasteiger partial charge in [0.1, 0.15) is 0 Å². The molecule has 0 saturated carbocycles. The Morgan fingerprint density at radius 1 is 1.27 bits per heavy atom. The van der Waals surface area contributed by atoms with E-state index in [-0.39, 0.29) is 22.8 Å². The number of hydrogen-bond acceptors (Lipinski definition) is 4. The summed E-state index contributed by atoms with van der Waals surface area (Å²) >= 11 is 1.54. The molecule has 1 aromatic rings. The molecule has 5 nitrogen and oxygen atoms in total. The minimum atomic E-state index is -0.154. The average molecular weight is 380 g/mol. The van der Waals surface area contributed by atoms with E-state index < -0.39 is 0 Å². The summed E-state index contributed by atoms with van der Waals surface area (Å²) in [6.45, 7) is 12.6. The minimum absolute atomic E-state index is 0.0430. The number of thioether (sulfide) groups is 1. The standard InChI is InChI=1S/C20H33N3O2S/c1-6-8-10-22(11-9-7-2)18(25)15-13-23-17(24)12-16(20(3,4)5)21-19(23)26-14-15/h12,15H,6-11,13-14H2,1-5H3. The predicted octanol–water partition coefficient (Wildman–Crippen LogP) is 3.69. The molecule has 6 heteroatoms. The van der Waals surface area contributed by atoms with E-state index in [2.05, 4.69) is 39.6 Å². The highest BCUT2D eigenvalue weighted by atomic mass is 32.2. The van der Waals surface area contributed by atoms with Crippen LogP contribution in [0.4, 0.5) is 0 Å². The van der Waals surface area contributed by atoms with Crippen molar-refractivity contribution in [1.82, 2.24) is 14.5 Å². The summed E-state index contributed by atoms with van der Waals surface area (Å²) in [5, 5.41) is 0.750. The molecule has 2 rings (SSSR count). The number of aromatic nitrogens is 2. The Hall–Kier alpha value is -1.30. The highest BCUT2D eigenvalue weighted by Gasteiger charge is 2.31. The van der Waals surface area contributed by atoms with Gasteiger partial charge >= 0.3 is 0 Å². The van der Waals surface area contributed by atoms with Crippen molar-refractivity contribution in [3.8, 4) is 0 Å². The summed E-state index contributed by atoms with van der Waals surface area (Å²) in [4.78, 5) is 32.3. The van der Waals surface area contributed by atoms with E-state index in [1.54, 1.807) is 10.6 Å². The molecule has 26 heavy (non-hydrogen) atoms. The molecule has 146 valence electrons. The Labute approximate surface area is 161 Å². The van der Waals surface area contributed by atoms with Crippen LogP contribution < -0.4 is 5.56 Å². The molecule has 1 aliphatic heterocycles. The maximum atomic E-state index is 13.0. The van der Waals surface area contributed by atoms with Crippen LogP contribution in [0.5, 0.6) is 0 Å². The fourth-order valence-corrected chi connectivity index (χ4v) is 4.11. The summed E-state index contributed by atoms with van der Waals surface area (Å²) in [7, 11) is 0. The van der Waals surface area contributed by atoms with Crippen molar-refractivity contribution < 1.29 is 4.79 Å². The van der Waals surface area contributed by atoms with Gasteiger partial charge in [0.2, 0.25) is 5.91 Å². The zero-order chi connectivity index (χ0) is 19.3. The van der Waals surface area contributed by atoms with Gasteiger partial charge in [-0.05, 0) is 12.8 Å². The summed E-state index contributed by atoms with van der Waals surface area (Å²) in [5.41, 5.74) is 0.621. The highest BCUT2D eigenvalue weighted by molar-refractivity contribution is 7.99. The minimum Gasteiger partial charge on any atom is -0.342 e. The predicted molar refractivity (Wildman–Crippen MR) is 108 cm³/mol. The highest BCUT2D eigenvalue weighted by Crippen LogP contribution is 2.29. The quantitative estimate of drug-likeness (QED) is 0.678. The van der Waals surface area contributed by atoms with E-state index in [1.165, 1.54) is 11.8 Å². The third kappa shape index (κ3) is 5.12. The molecule has 2 heterocycles. The third-order valence-electron chi connectivity index (χ3n) is 4.78. The lowest BCUT2D eigenvalue weighted by Crippen LogP contribution is -2.43. The molecule has 1 aliphatic rings. The first-order valence-corrected chi connectivity index (χ1v) is 10.8. The summed E-state index contributed by atoms with van der Waals surface area (Å²) in [6, 6.07) is 1.63. The van der Waals surface area contributed by atoms with Gasteiger partial charge in [0, 0.05) is 36.9 Å². The van der Waals surface area contributed by atoms with Gasteiger partial charge < -0.3 is 4.90 Å². The molecular formula is C20H33N3O2S. The fourth-order valence-electron chi connectivity index (χ4n) is 3.03. The number of nitrogens with zero attached hydrogens (tertiary/aromatic N) is 3. The van der Waals surface area contributed by atoms with Crippen molar-refractivity contribution in [3.63, 3.8) is 0 Å². The van der Waals surface area contributed by atoms with Crippen LogP contribution in [0.25, 0.3) is 0 Å². The molecule has 0 radical (unpaired) electrons. The Balaban J connectivity index is 2.18. The van der Waals surface area contributed by atoms with Crippen molar-refractivity contribution in [2.75, 3.05) is 18.8 Å². The van der Waals surface area contributed by atoms with Crippen LogP contribution in [-0.4, -0.2) is 39.2 Å². The SMILES string of the molecule is CCCCN(CCCC)C(=O)C1CSc2nc(C(C)(C)C)cc(=O)n2C1. The maximum absolute atomic E-state index is 13.0. The van der Waals surface area contributed by atoms with Crippen LogP contribution in [0.1, 0.15) is 66.0 Å². The first-order valence-electron chi connectivity index (χ1n) is 9.81. The van der Waals surface area contributed by atoms with E-state index in [4.69, 9.17) is 0 Å². The van der Waals surface area contributed by atoms with Crippen LogP contribution in [0, 0.1) is 5.92 Å². The summed E-state index contributed by atoms with van der Waals surface area (Å²) in [5.74, 6) is 0.756. The molecular weight excluding hydrogens is 346 g/mol. The molecule has 1 amide bonds. The molecule has 0 bridgehead atoms. The first-order chi connectivity index (χ1) is 12.3. The molecule has 0 spiro atoms. The van der Waals surface area contributed by atoms with Gasteiger partial charge in [-0.25, -0.2) is 4.98 Å². The van der Waals surface area contributed by atoms with Gasteiger partial charge in [-0.15, -0.1) is 0 Å². The molecule has 1 unspecified atom stereocenters. The van der Waals surface area contributed by atoms with Crippen LogP contribution >= 0.6 is 11.8 Å². The molecule has 0 fully saturated rings. The van der Waals surface area contributed by atoms with E-state index >= 15 is 0 Å². The Kier molecular flexibility index (Phi) is 7.33. The number of unbranched alkanes of at least 4 members (excludes halogenated alkanes) is 2. The second-order valence-corrected chi connectivity index (χ2v) is 9.15. The van der Waals surface area contributed by atoms with Crippen LogP contribution in [0.15, 0.2) is 16.0 Å². The molecule has 0 N–H and O–H groups in total. The molecule has 0 aromatic carbocycles. The van der Waals surface area contributed by atoms with Crippen molar-refractivity contribution in [2.45, 2.75) is 77.4 Å². The topological polar surface area (TPSA) is 55.2 Å². The van der Waals surface area contributed by atoms with Gasteiger partial charge in [0.25, 0.3) is 5.56 Å². The Morgan fingerprint density at radius 3 is 2.42 bits per heavy atom. The van der Waals surface area contributed by atoms with Gasteiger partial charge in [-0.2, -0.15) is 0 Å². The molecule has 1 atom stereocenters. The monoisotopic (exact) mass is 379 g/mol. The Morgan fingerprint density at radius 2 is 1.88 bits per heavy atom. The average Bonchev–Trinajstić information content (AvgIpc) is 2.60. The van der Waals surface area contributed by atoms with Crippen molar-refractivity contribution in [1.29, 1.82) is 0 Å². The Bertz CT molecular complexity index is 671. The van der Waals surface area contributed by atoms with Gasteiger partial charge in [0.15, 0.2) is 5.16 Å². The number of carbonyl (C=O) groups is 1. The smallest absolute Gasteiger partial charge is 0.254 e. The number of fused-ring (bicyclic) bond motifs is 1. The number of hydrogen-bond donors (Lipinski definition) is 0. The first kappa shape index (κ1) is 21.0. The van der Waals surface area contributed by atoms with Crippen LogP contribution in [0.2, 0.25) is 0 Å². The summed E-state index contributed by atoms with van der Waals surface area (Å²) in [6.07, 6.45) is 4.22. The number of carbonyl (C=O) groups excluding carboxylic acids is 1. The molecule has 0 saturated heterocycles. The lowest BCUT2D eigenvalue weighted by atomic mass is 9.92. The lowest BCUT2D eigenvalue weighted by Gasteiger charge is -2.31. The second-order valence-electron chi connectivity index (χ2n) is 8.16. The largest absolute Gasteiger partial charge is 0.342 e. The van der Waals surface area contributed by atoms with Crippen LogP contribution in [0.3, 0.4) is 0 Å². The molecule has 1 aromatic heterocycles. The van der Waals surface area contributed by atoms with Gasteiger partial charge in [-0.3, -0.25) is 14.2 Å². The zero-order valence-electron chi connectivity index (χ0n) is 16.9. The lowest BCUT2D eigenvalue weighted by molar-refractivity contribution is -0.135. The normalized spacial score (nSPS) is 17.0. The summed E-state index contributed by atoms with van der Waals surface area (Å²) < 4.78 is 1.68.